The maximum absolute atomic E-state index is 11.9. The molecule has 1 nitrogen and oxygen atoms in total. The average molecular weight is 159 g/mol. The van der Waals surface area contributed by atoms with Crippen molar-refractivity contribution in [3.05, 3.63) is 29.8 Å². The van der Waals surface area contributed by atoms with Gasteiger partial charge in [-0.2, -0.15) is 13.2 Å². The Kier molecular flexibility index (Phi) is 1.65. The van der Waals surface area contributed by atoms with Gasteiger partial charge in [0.25, 0.3) is 0 Å². The summed E-state index contributed by atoms with van der Waals surface area (Å²) >= 11 is 0. The minimum Gasteiger partial charge on any atom is -0.398 e. The van der Waals surface area contributed by atoms with Crippen LogP contribution in [-0.4, -0.2) is 0 Å². The van der Waals surface area contributed by atoms with Gasteiger partial charge in [0, 0.05) is 11.8 Å². The molecule has 1 rings (SSSR count). The lowest BCUT2D eigenvalue weighted by molar-refractivity contribution is -0.137. The van der Waals surface area contributed by atoms with Crippen LogP contribution in [0.25, 0.3) is 0 Å². The first-order chi connectivity index (χ1) is 5.00. The van der Waals surface area contributed by atoms with Crippen LogP contribution < -0.4 is 5.73 Å². The zero-order valence-corrected chi connectivity index (χ0v) is 5.37. The molecular formula is C7H4F3N. The summed E-state index contributed by atoms with van der Waals surface area (Å²) < 4.78 is 35.6. The SMILES string of the molecule is Nc1cc#cc(C(F)(F)F)c1. The zero-order chi connectivity index (χ0) is 8.48. The van der Waals surface area contributed by atoms with Crippen LogP contribution in [0.5, 0.6) is 0 Å². The van der Waals surface area contributed by atoms with Crippen LogP contribution in [0.2, 0.25) is 0 Å². The Morgan fingerprint density at radius 2 is 2.00 bits per heavy atom. The van der Waals surface area contributed by atoms with E-state index in [2.05, 4.69) is 6.07 Å². The molecule has 4 heteroatoms. The Morgan fingerprint density at radius 3 is 2.36 bits per heavy atom. The van der Waals surface area contributed by atoms with Crippen LogP contribution in [-0.2, 0) is 6.18 Å². The molecule has 0 spiro atoms. The Morgan fingerprint density at radius 1 is 1.36 bits per heavy atom. The van der Waals surface area contributed by atoms with Gasteiger partial charge in [-0.1, -0.05) is 12.1 Å². The molecule has 0 atom stereocenters. The van der Waals surface area contributed by atoms with Gasteiger partial charge < -0.3 is 5.73 Å². The lowest BCUT2D eigenvalue weighted by Crippen LogP contribution is -2.04. The molecule has 0 unspecified atom stereocenters. The highest BCUT2D eigenvalue weighted by atomic mass is 19.4. The van der Waals surface area contributed by atoms with Crippen molar-refractivity contribution in [3.63, 3.8) is 0 Å². The molecule has 58 valence electrons. The molecule has 0 fully saturated rings. The van der Waals surface area contributed by atoms with Crippen LogP contribution in [0.4, 0.5) is 18.9 Å². The summed E-state index contributed by atoms with van der Waals surface area (Å²) in [5.74, 6) is 0. The second kappa shape index (κ2) is 2.35. The highest BCUT2D eigenvalue weighted by Gasteiger charge is 2.30. The molecule has 0 bridgehead atoms. The van der Waals surface area contributed by atoms with Crippen LogP contribution in [0.1, 0.15) is 5.56 Å². The van der Waals surface area contributed by atoms with Crippen molar-refractivity contribution in [2.75, 3.05) is 5.73 Å². The molecule has 1 aromatic rings. The molecule has 0 aliphatic carbocycles. The summed E-state index contributed by atoms with van der Waals surface area (Å²) in [6.07, 6.45) is -4.38. The number of halogens is 3. The summed E-state index contributed by atoms with van der Waals surface area (Å²) in [5, 5.41) is 0. The number of hydrogen-bond donors (Lipinski definition) is 1. The zero-order valence-electron chi connectivity index (χ0n) is 5.37. The number of rotatable bonds is 0. The van der Waals surface area contributed by atoms with E-state index in [0.29, 0.717) is 0 Å². The number of nitrogen functional groups attached to an aromatic ring is 1. The van der Waals surface area contributed by atoms with E-state index in [1.165, 1.54) is 6.07 Å². The molecule has 0 saturated carbocycles. The van der Waals surface area contributed by atoms with Crippen molar-refractivity contribution in [1.82, 2.24) is 0 Å². The van der Waals surface area contributed by atoms with Crippen molar-refractivity contribution < 1.29 is 13.2 Å². The second-order valence-electron chi connectivity index (χ2n) is 1.97. The third kappa shape index (κ3) is 1.77. The third-order valence-electron chi connectivity index (χ3n) is 1.06. The molecular weight excluding hydrogens is 155 g/mol. The fraction of sp³-hybridized carbons (Fsp3) is 0.143. The van der Waals surface area contributed by atoms with E-state index in [1.807, 2.05) is 6.07 Å². The summed E-state index contributed by atoms with van der Waals surface area (Å²) in [5.41, 5.74) is 4.25. The molecule has 1 aromatic carbocycles. The first-order valence-corrected chi connectivity index (χ1v) is 2.76. The smallest absolute Gasteiger partial charge is 0.398 e. The van der Waals surface area contributed by atoms with Crippen LogP contribution >= 0.6 is 0 Å². The van der Waals surface area contributed by atoms with Gasteiger partial charge in [0.05, 0.1) is 0 Å². The minimum absolute atomic E-state index is 0.0380. The normalized spacial score (nSPS) is 10.8. The Hall–Kier alpha value is -1.37. The van der Waals surface area contributed by atoms with Crippen LogP contribution in [0.15, 0.2) is 12.1 Å². The van der Waals surface area contributed by atoms with E-state index in [4.69, 9.17) is 5.73 Å². The van der Waals surface area contributed by atoms with E-state index in [9.17, 15) is 13.2 Å². The second-order valence-corrected chi connectivity index (χ2v) is 1.97. The van der Waals surface area contributed by atoms with E-state index in [0.717, 1.165) is 6.07 Å². The number of alkyl halides is 3. The van der Waals surface area contributed by atoms with E-state index < -0.39 is 11.7 Å². The lowest BCUT2D eigenvalue weighted by atomic mass is 10.2. The highest BCUT2D eigenvalue weighted by molar-refractivity contribution is 5.38. The van der Waals surface area contributed by atoms with Crippen LogP contribution in [0.3, 0.4) is 0 Å². The highest BCUT2D eigenvalue weighted by Crippen LogP contribution is 2.28. The number of anilines is 1. The molecule has 0 heterocycles. The van der Waals surface area contributed by atoms with Gasteiger partial charge >= 0.3 is 6.18 Å². The molecule has 0 aliphatic rings. The largest absolute Gasteiger partial charge is 0.424 e. The molecule has 2 N–H and O–H groups in total. The van der Waals surface area contributed by atoms with Gasteiger partial charge in [0.15, 0.2) is 0 Å². The van der Waals surface area contributed by atoms with Crippen molar-refractivity contribution in [2.45, 2.75) is 6.18 Å². The molecule has 0 aliphatic heterocycles. The molecule has 0 saturated heterocycles. The van der Waals surface area contributed by atoms with Gasteiger partial charge in [-0.05, 0) is 6.07 Å². The number of hydrogen-bond acceptors (Lipinski definition) is 1. The third-order valence-corrected chi connectivity index (χ3v) is 1.06. The maximum atomic E-state index is 11.9. The molecule has 0 amide bonds. The van der Waals surface area contributed by atoms with Crippen molar-refractivity contribution in [3.8, 4) is 0 Å². The summed E-state index contributed by atoms with van der Waals surface area (Å²) in [7, 11) is 0. The van der Waals surface area contributed by atoms with E-state index in [-0.39, 0.29) is 5.69 Å². The van der Waals surface area contributed by atoms with E-state index in [1.54, 1.807) is 0 Å². The molecule has 0 aromatic heterocycles. The lowest BCUT2D eigenvalue weighted by Gasteiger charge is -2.02. The Bertz CT molecular complexity index is 254. The van der Waals surface area contributed by atoms with Crippen LogP contribution in [0, 0.1) is 12.1 Å². The number of nitrogens with two attached hydrogens (primary N) is 1. The summed E-state index contributed by atoms with van der Waals surface area (Å²) in [6, 6.07) is 6.13. The van der Waals surface area contributed by atoms with Gasteiger partial charge in [-0.15, -0.1) is 0 Å². The quantitative estimate of drug-likeness (QED) is 0.614. The predicted molar refractivity (Wildman–Crippen MR) is 33.5 cm³/mol. The van der Waals surface area contributed by atoms with Gasteiger partial charge in [0.2, 0.25) is 0 Å². The standard InChI is InChI=1S/C7H4F3N/c8-7(9,10)5-2-1-3-6(11)4-5/h3-4H,11H2. The van der Waals surface area contributed by atoms with Gasteiger partial charge in [-0.3, -0.25) is 0 Å². The van der Waals surface area contributed by atoms with E-state index >= 15 is 0 Å². The van der Waals surface area contributed by atoms with Gasteiger partial charge in [0.1, 0.15) is 5.56 Å². The Labute approximate surface area is 61.6 Å². The predicted octanol–water partition coefficient (Wildman–Crippen LogP) is 1.89. The Balaban J connectivity index is 3.06. The fourth-order valence-corrected chi connectivity index (χ4v) is 0.594. The summed E-state index contributed by atoms with van der Waals surface area (Å²) in [4.78, 5) is 0. The van der Waals surface area contributed by atoms with Crippen molar-refractivity contribution >= 4 is 5.69 Å². The summed E-state index contributed by atoms with van der Waals surface area (Å²) in [6.45, 7) is 0. The first-order valence-electron chi connectivity index (χ1n) is 2.76. The van der Waals surface area contributed by atoms with Gasteiger partial charge in [-0.25, -0.2) is 0 Å². The first kappa shape index (κ1) is 7.73. The minimum atomic E-state index is -4.38. The molecule has 11 heavy (non-hydrogen) atoms. The average Bonchev–Trinajstić information content (AvgIpc) is 1.86. The topological polar surface area (TPSA) is 26.0 Å². The molecule has 0 radical (unpaired) electrons. The monoisotopic (exact) mass is 159 g/mol. The maximum Gasteiger partial charge on any atom is 0.424 e. The fourth-order valence-electron chi connectivity index (χ4n) is 0.594. The van der Waals surface area contributed by atoms with Crippen molar-refractivity contribution in [1.29, 1.82) is 0 Å². The van der Waals surface area contributed by atoms with Crippen molar-refractivity contribution in [2.24, 2.45) is 0 Å².